The molecule has 2 N–H and O–H groups in total. The Balaban J connectivity index is 3.33. The van der Waals surface area contributed by atoms with Crippen LogP contribution in [0.2, 0.25) is 5.02 Å². The van der Waals surface area contributed by atoms with Crippen LogP contribution in [0.25, 0.3) is 0 Å². The van der Waals surface area contributed by atoms with Gasteiger partial charge in [-0.05, 0) is 0 Å². The summed E-state index contributed by atoms with van der Waals surface area (Å²) < 4.78 is 4.76. The molecular formula is C7H7ClN2O3. The van der Waals surface area contributed by atoms with Crippen molar-refractivity contribution in [2.75, 3.05) is 12.8 Å². The lowest BCUT2D eigenvalue weighted by Gasteiger charge is -2.03. The molecule has 0 aliphatic heterocycles. The molecule has 5 nitrogen and oxygen atoms in total. The number of benzene rings is 1. The molecule has 13 heavy (non-hydrogen) atoms. The van der Waals surface area contributed by atoms with E-state index in [-0.39, 0.29) is 22.1 Å². The normalized spacial score (nSPS) is 9.69. The first-order valence-electron chi connectivity index (χ1n) is 3.33. The first kappa shape index (κ1) is 9.60. The van der Waals surface area contributed by atoms with E-state index in [1.807, 2.05) is 0 Å². The molecule has 1 aromatic carbocycles. The molecule has 0 fully saturated rings. The Morgan fingerprint density at radius 3 is 2.69 bits per heavy atom. The molecule has 0 atom stereocenters. The monoisotopic (exact) mass is 202 g/mol. The molecule has 0 unspecified atom stereocenters. The van der Waals surface area contributed by atoms with E-state index in [1.165, 1.54) is 13.2 Å². The summed E-state index contributed by atoms with van der Waals surface area (Å²) in [6.07, 6.45) is 0. The zero-order valence-corrected chi connectivity index (χ0v) is 7.54. The number of hydrogen-bond donors (Lipinski definition) is 1. The number of nitro benzene ring substituents is 1. The summed E-state index contributed by atoms with van der Waals surface area (Å²) >= 11 is 5.60. The molecule has 0 heterocycles. The second kappa shape index (κ2) is 3.49. The van der Waals surface area contributed by atoms with E-state index in [0.29, 0.717) is 0 Å². The summed E-state index contributed by atoms with van der Waals surface area (Å²) in [5.41, 5.74) is 5.49. The van der Waals surface area contributed by atoms with E-state index in [4.69, 9.17) is 22.1 Å². The number of rotatable bonds is 2. The van der Waals surface area contributed by atoms with Crippen LogP contribution in [-0.2, 0) is 0 Å². The predicted molar refractivity (Wildman–Crippen MR) is 49.1 cm³/mol. The van der Waals surface area contributed by atoms with Crippen molar-refractivity contribution in [3.8, 4) is 5.75 Å². The third-order valence-electron chi connectivity index (χ3n) is 1.49. The van der Waals surface area contributed by atoms with Crippen molar-refractivity contribution in [2.24, 2.45) is 0 Å². The van der Waals surface area contributed by atoms with Crippen LogP contribution in [0.15, 0.2) is 12.1 Å². The Morgan fingerprint density at radius 1 is 1.62 bits per heavy atom. The van der Waals surface area contributed by atoms with E-state index < -0.39 is 4.92 Å². The minimum atomic E-state index is -0.579. The maximum Gasteiger partial charge on any atom is 0.312 e. The zero-order valence-electron chi connectivity index (χ0n) is 6.78. The van der Waals surface area contributed by atoms with Gasteiger partial charge < -0.3 is 10.5 Å². The van der Waals surface area contributed by atoms with Crippen LogP contribution in [0.1, 0.15) is 0 Å². The van der Waals surface area contributed by atoms with Gasteiger partial charge in [0.15, 0.2) is 5.75 Å². The van der Waals surface area contributed by atoms with Gasteiger partial charge in [-0.1, -0.05) is 11.6 Å². The van der Waals surface area contributed by atoms with Gasteiger partial charge in [-0.25, -0.2) is 0 Å². The van der Waals surface area contributed by atoms with Gasteiger partial charge in [-0.3, -0.25) is 10.1 Å². The Labute approximate surface area is 79.2 Å². The number of nitrogens with two attached hydrogens (primary N) is 1. The van der Waals surface area contributed by atoms with Gasteiger partial charge >= 0.3 is 5.69 Å². The van der Waals surface area contributed by atoms with Crippen molar-refractivity contribution < 1.29 is 9.66 Å². The topological polar surface area (TPSA) is 78.4 Å². The molecule has 0 saturated carbocycles. The van der Waals surface area contributed by atoms with Crippen LogP contribution in [0.3, 0.4) is 0 Å². The highest BCUT2D eigenvalue weighted by molar-refractivity contribution is 6.33. The summed E-state index contributed by atoms with van der Waals surface area (Å²) in [7, 11) is 1.33. The van der Waals surface area contributed by atoms with Crippen molar-refractivity contribution >= 4 is 23.0 Å². The van der Waals surface area contributed by atoms with E-state index in [1.54, 1.807) is 0 Å². The Kier molecular flexibility index (Phi) is 2.57. The molecule has 0 radical (unpaired) electrons. The van der Waals surface area contributed by atoms with Crippen LogP contribution >= 0.6 is 11.6 Å². The number of anilines is 1. The summed E-state index contributed by atoms with van der Waals surface area (Å²) in [5.74, 6) is 0.104. The average molecular weight is 203 g/mol. The first-order chi connectivity index (χ1) is 6.06. The molecule has 0 aliphatic rings. The van der Waals surface area contributed by atoms with Gasteiger partial charge in [0.1, 0.15) is 0 Å². The highest BCUT2D eigenvalue weighted by Gasteiger charge is 2.16. The molecule has 0 amide bonds. The molecule has 0 bridgehead atoms. The number of ether oxygens (including phenoxy) is 1. The first-order valence-corrected chi connectivity index (χ1v) is 3.71. The van der Waals surface area contributed by atoms with Crippen LogP contribution in [0.5, 0.6) is 5.75 Å². The van der Waals surface area contributed by atoms with Crippen LogP contribution < -0.4 is 10.5 Å². The van der Waals surface area contributed by atoms with E-state index >= 15 is 0 Å². The fraction of sp³-hybridized carbons (Fsp3) is 0.143. The van der Waals surface area contributed by atoms with Gasteiger partial charge in [0.25, 0.3) is 0 Å². The lowest BCUT2D eigenvalue weighted by molar-refractivity contribution is -0.385. The van der Waals surface area contributed by atoms with Gasteiger partial charge in [0, 0.05) is 12.1 Å². The second-order valence-corrected chi connectivity index (χ2v) is 2.71. The molecule has 0 saturated heterocycles. The van der Waals surface area contributed by atoms with Gasteiger partial charge in [-0.2, -0.15) is 0 Å². The highest BCUT2D eigenvalue weighted by Crippen LogP contribution is 2.33. The molecule has 0 aliphatic carbocycles. The number of hydrogen-bond acceptors (Lipinski definition) is 4. The standard InChI is InChI=1S/C7H7ClN2O3/c1-13-7-3-5(9)4(8)2-6(7)10(11)12/h2-3H,9H2,1H3. The van der Waals surface area contributed by atoms with Crippen molar-refractivity contribution in [3.63, 3.8) is 0 Å². The Morgan fingerprint density at radius 2 is 2.23 bits per heavy atom. The smallest absolute Gasteiger partial charge is 0.312 e. The number of nitrogens with zero attached hydrogens (tertiary/aromatic N) is 1. The predicted octanol–water partition coefficient (Wildman–Crippen LogP) is 1.84. The quantitative estimate of drug-likeness (QED) is 0.451. The van der Waals surface area contributed by atoms with E-state index in [0.717, 1.165) is 6.07 Å². The number of nitrogen functional groups attached to an aromatic ring is 1. The van der Waals surface area contributed by atoms with E-state index in [2.05, 4.69) is 0 Å². The van der Waals surface area contributed by atoms with Gasteiger partial charge in [-0.15, -0.1) is 0 Å². The van der Waals surface area contributed by atoms with Crippen LogP contribution in [0.4, 0.5) is 11.4 Å². The number of nitro groups is 1. The minimum absolute atomic E-state index is 0.104. The van der Waals surface area contributed by atoms with Gasteiger partial charge in [0.05, 0.1) is 22.7 Å². The fourth-order valence-electron chi connectivity index (χ4n) is 0.865. The minimum Gasteiger partial charge on any atom is -0.490 e. The molecule has 70 valence electrons. The second-order valence-electron chi connectivity index (χ2n) is 2.30. The maximum atomic E-state index is 10.5. The molecule has 0 aromatic heterocycles. The van der Waals surface area contributed by atoms with Crippen molar-refractivity contribution in [2.45, 2.75) is 0 Å². The lowest BCUT2D eigenvalue weighted by atomic mass is 10.2. The maximum absolute atomic E-state index is 10.5. The molecule has 6 heteroatoms. The third-order valence-corrected chi connectivity index (χ3v) is 1.82. The summed E-state index contributed by atoms with van der Waals surface area (Å²) in [5, 5.41) is 10.6. The summed E-state index contributed by atoms with van der Waals surface area (Å²) in [6, 6.07) is 2.48. The lowest BCUT2D eigenvalue weighted by Crippen LogP contribution is -1.96. The summed E-state index contributed by atoms with van der Waals surface area (Å²) in [4.78, 5) is 9.89. The van der Waals surface area contributed by atoms with Crippen LogP contribution in [0, 0.1) is 10.1 Å². The fourth-order valence-corrected chi connectivity index (χ4v) is 1.02. The SMILES string of the molecule is COc1cc(N)c(Cl)cc1[N+](=O)[O-]. The Bertz CT molecular complexity index is 354. The molecule has 1 rings (SSSR count). The highest BCUT2D eigenvalue weighted by atomic mass is 35.5. The van der Waals surface area contributed by atoms with Gasteiger partial charge in [0.2, 0.25) is 0 Å². The van der Waals surface area contributed by atoms with Crippen molar-refractivity contribution in [1.29, 1.82) is 0 Å². The Hall–Kier alpha value is -1.49. The summed E-state index contributed by atoms with van der Waals surface area (Å²) in [6.45, 7) is 0. The molecule has 0 spiro atoms. The van der Waals surface area contributed by atoms with Crippen molar-refractivity contribution in [3.05, 3.63) is 27.3 Å². The average Bonchev–Trinajstić information content (AvgIpc) is 2.08. The molecular weight excluding hydrogens is 196 g/mol. The van der Waals surface area contributed by atoms with Crippen LogP contribution in [-0.4, -0.2) is 12.0 Å². The number of methoxy groups -OCH3 is 1. The number of halogens is 1. The van der Waals surface area contributed by atoms with E-state index in [9.17, 15) is 10.1 Å². The van der Waals surface area contributed by atoms with Crippen molar-refractivity contribution in [1.82, 2.24) is 0 Å². The zero-order chi connectivity index (χ0) is 10.0. The third kappa shape index (κ3) is 1.81. The largest absolute Gasteiger partial charge is 0.490 e. The molecule has 1 aromatic rings.